The molecule has 4 heteroatoms. The van der Waals surface area contributed by atoms with Crippen LogP contribution in [0.1, 0.15) is 22.8 Å². The van der Waals surface area contributed by atoms with Crippen molar-refractivity contribution in [3.8, 4) is 0 Å². The van der Waals surface area contributed by atoms with Gasteiger partial charge in [0.25, 0.3) is 0 Å². The van der Waals surface area contributed by atoms with Crippen LogP contribution in [0.3, 0.4) is 0 Å². The second-order valence-electron chi connectivity index (χ2n) is 2.75. The highest BCUT2D eigenvalue weighted by Crippen LogP contribution is 2.27. The van der Waals surface area contributed by atoms with Gasteiger partial charge in [-0.25, -0.2) is 4.79 Å². The van der Waals surface area contributed by atoms with Crippen molar-refractivity contribution < 1.29 is 9.53 Å². The van der Waals surface area contributed by atoms with E-state index in [0.717, 1.165) is 10.0 Å². The summed E-state index contributed by atoms with van der Waals surface area (Å²) in [6, 6.07) is 3.48. The Labute approximate surface area is 96.3 Å². The Hall–Kier alpha value is -0.540. The van der Waals surface area contributed by atoms with Gasteiger partial charge in [0.2, 0.25) is 0 Å². The SMILES string of the molecule is CCOC(=O)c1c(Cl)ccc(Br)c1C. The summed E-state index contributed by atoms with van der Waals surface area (Å²) in [5.74, 6) is -0.378. The fourth-order valence-electron chi connectivity index (χ4n) is 1.11. The minimum atomic E-state index is -0.378. The Morgan fingerprint density at radius 2 is 2.21 bits per heavy atom. The van der Waals surface area contributed by atoms with Crippen LogP contribution in [0.25, 0.3) is 0 Å². The predicted molar refractivity (Wildman–Crippen MR) is 59.8 cm³/mol. The molecular formula is C10H10BrClO2. The number of halogens is 2. The number of benzene rings is 1. The van der Waals surface area contributed by atoms with Crippen molar-refractivity contribution in [1.82, 2.24) is 0 Å². The fourth-order valence-corrected chi connectivity index (χ4v) is 1.72. The Balaban J connectivity index is 3.18. The molecule has 0 radical (unpaired) electrons. The lowest BCUT2D eigenvalue weighted by molar-refractivity contribution is 0.0525. The maximum atomic E-state index is 11.5. The summed E-state index contributed by atoms with van der Waals surface area (Å²) in [6.07, 6.45) is 0. The minimum absolute atomic E-state index is 0.348. The molecule has 0 aliphatic carbocycles. The number of carbonyl (C=O) groups is 1. The molecule has 0 bridgehead atoms. The lowest BCUT2D eigenvalue weighted by Gasteiger charge is -2.08. The van der Waals surface area contributed by atoms with E-state index in [1.54, 1.807) is 19.1 Å². The second-order valence-corrected chi connectivity index (χ2v) is 4.01. The van der Waals surface area contributed by atoms with Gasteiger partial charge in [-0.2, -0.15) is 0 Å². The van der Waals surface area contributed by atoms with Gasteiger partial charge in [0, 0.05) is 4.47 Å². The Morgan fingerprint density at radius 1 is 1.57 bits per heavy atom. The first kappa shape index (κ1) is 11.5. The van der Waals surface area contributed by atoms with E-state index in [9.17, 15) is 4.79 Å². The quantitative estimate of drug-likeness (QED) is 0.772. The lowest BCUT2D eigenvalue weighted by atomic mass is 10.1. The van der Waals surface area contributed by atoms with E-state index < -0.39 is 0 Å². The van der Waals surface area contributed by atoms with Gasteiger partial charge in [-0.15, -0.1) is 0 Å². The minimum Gasteiger partial charge on any atom is -0.462 e. The highest BCUT2D eigenvalue weighted by atomic mass is 79.9. The molecule has 0 atom stereocenters. The molecule has 2 nitrogen and oxygen atoms in total. The van der Waals surface area contributed by atoms with E-state index in [2.05, 4.69) is 15.9 Å². The van der Waals surface area contributed by atoms with Gasteiger partial charge in [-0.05, 0) is 31.5 Å². The van der Waals surface area contributed by atoms with Crippen LogP contribution < -0.4 is 0 Å². The molecule has 0 aromatic heterocycles. The number of esters is 1. The molecule has 1 aromatic rings. The van der Waals surface area contributed by atoms with E-state index in [4.69, 9.17) is 16.3 Å². The summed E-state index contributed by atoms with van der Waals surface area (Å²) in [6.45, 7) is 3.93. The molecule has 0 saturated heterocycles. The molecule has 0 unspecified atom stereocenters. The van der Waals surface area contributed by atoms with Gasteiger partial charge < -0.3 is 4.74 Å². The van der Waals surface area contributed by atoms with Crippen LogP contribution in [-0.2, 0) is 4.74 Å². The summed E-state index contributed by atoms with van der Waals surface area (Å²) < 4.78 is 5.75. The average molecular weight is 278 g/mol. The molecule has 0 spiro atoms. The van der Waals surface area contributed by atoms with Crippen molar-refractivity contribution in [3.63, 3.8) is 0 Å². The van der Waals surface area contributed by atoms with E-state index >= 15 is 0 Å². The van der Waals surface area contributed by atoms with Gasteiger partial charge in [0.1, 0.15) is 0 Å². The number of ether oxygens (including phenoxy) is 1. The molecule has 0 N–H and O–H groups in total. The maximum absolute atomic E-state index is 11.5. The van der Waals surface area contributed by atoms with Crippen molar-refractivity contribution in [1.29, 1.82) is 0 Å². The highest BCUT2D eigenvalue weighted by Gasteiger charge is 2.15. The molecule has 0 aliphatic heterocycles. The third kappa shape index (κ3) is 2.28. The molecule has 0 amide bonds. The van der Waals surface area contributed by atoms with Crippen LogP contribution in [0.2, 0.25) is 5.02 Å². The van der Waals surface area contributed by atoms with Crippen molar-refractivity contribution >= 4 is 33.5 Å². The monoisotopic (exact) mass is 276 g/mol. The maximum Gasteiger partial charge on any atom is 0.339 e. The van der Waals surface area contributed by atoms with Crippen molar-refractivity contribution in [2.45, 2.75) is 13.8 Å². The largest absolute Gasteiger partial charge is 0.462 e. The van der Waals surface area contributed by atoms with Crippen LogP contribution in [0, 0.1) is 6.92 Å². The molecule has 14 heavy (non-hydrogen) atoms. The molecule has 1 rings (SSSR count). The molecule has 0 aliphatic rings. The smallest absolute Gasteiger partial charge is 0.339 e. The molecule has 0 heterocycles. The van der Waals surface area contributed by atoms with Gasteiger partial charge in [0.15, 0.2) is 0 Å². The average Bonchev–Trinajstić information content (AvgIpc) is 2.13. The van der Waals surface area contributed by atoms with Crippen molar-refractivity contribution in [2.24, 2.45) is 0 Å². The lowest BCUT2D eigenvalue weighted by Crippen LogP contribution is -2.07. The summed E-state index contributed by atoms with van der Waals surface area (Å²) in [5, 5.41) is 0.421. The number of carbonyl (C=O) groups excluding carboxylic acids is 1. The summed E-state index contributed by atoms with van der Waals surface area (Å²) in [4.78, 5) is 11.5. The summed E-state index contributed by atoms with van der Waals surface area (Å²) in [5.41, 5.74) is 1.24. The predicted octanol–water partition coefficient (Wildman–Crippen LogP) is 3.59. The van der Waals surface area contributed by atoms with E-state index in [1.807, 2.05) is 6.92 Å². The zero-order chi connectivity index (χ0) is 10.7. The first-order valence-corrected chi connectivity index (χ1v) is 5.36. The third-order valence-electron chi connectivity index (χ3n) is 1.83. The number of rotatable bonds is 2. The van der Waals surface area contributed by atoms with Gasteiger partial charge in [-0.1, -0.05) is 27.5 Å². The molecule has 76 valence electrons. The topological polar surface area (TPSA) is 26.3 Å². The van der Waals surface area contributed by atoms with Crippen molar-refractivity contribution in [3.05, 3.63) is 32.8 Å². The number of hydrogen-bond acceptors (Lipinski definition) is 2. The molecule has 0 saturated carbocycles. The molecular weight excluding hydrogens is 267 g/mol. The van der Waals surface area contributed by atoms with E-state index in [1.165, 1.54) is 0 Å². The Morgan fingerprint density at radius 3 is 2.79 bits per heavy atom. The van der Waals surface area contributed by atoms with Crippen LogP contribution in [0.4, 0.5) is 0 Å². The first-order chi connectivity index (χ1) is 6.57. The van der Waals surface area contributed by atoms with Crippen molar-refractivity contribution in [2.75, 3.05) is 6.61 Å². The summed E-state index contributed by atoms with van der Waals surface area (Å²) in [7, 11) is 0. The summed E-state index contributed by atoms with van der Waals surface area (Å²) >= 11 is 9.24. The van der Waals surface area contributed by atoms with Crippen LogP contribution in [0.15, 0.2) is 16.6 Å². The highest BCUT2D eigenvalue weighted by molar-refractivity contribution is 9.10. The third-order valence-corrected chi connectivity index (χ3v) is 3.00. The fraction of sp³-hybridized carbons (Fsp3) is 0.300. The Bertz CT molecular complexity index is 363. The van der Waals surface area contributed by atoms with Gasteiger partial charge in [0.05, 0.1) is 17.2 Å². The Kier molecular flexibility index (Phi) is 3.96. The van der Waals surface area contributed by atoms with Gasteiger partial charge in [-0.3, -0.25) is 0 Å². The molecule has 1 aromatic carbocycles. The van der Waals surface area contributed by atoms with Crippen LogP contribution in [0.5, 0.6) is 0 Å². The zero-order valence-corrected chi connectivity index (χ0v) is 10.3. The standard InChI is InChI=1S/C10H10BrClO2/c1-3-14-10(13)9-6(2)7(11)4-5-8(9)12/h4-5H,3H2,1-2H3. The number of hydrogen-bond donors (Lipinski definition) is 0. The van der Waals surface area contributed by atoms with Crippen LogP contribution >= 0.6 is 27.5 Å². The normalized spacial score (nSPS) is 10.0. The molecule has 0 fully saturated rings. The first-order valence-electron chi connectivity index (χ1n) is 4.19. The van der Waals surface area contributed by atoms with Gasteiger partial charge >= 0.3 is 5.97 Å². The van der Waals surface area contributed by atoms with Crippen LogP contribution in [-0.4, -0.2) is 12.6 Å². The van der Waals surface area contributed by atoms with E-state index in [0.29, 0.717) is 17.2 Å². The van der Waals surface area contributed by atoms with E-state index in [-0.39, 0.29) is 5.97 Å². The second kappa shape index (κ2) is 4.80. The zero-order valence-electron chi connectivity index (χ0n) is 7.93.